The zero-order chi connectivity index (χ0) is 16.4. The number of thioether (sulfide) groups is 1. The third-order valence-corrected chi connectivity index (χ3v) is 5.62. The summed E-state index contributed by atoms with van der Waals surface area (Å²) in [5, 5.41) is -0.150. The molecule has 1 aromatic rings. The van der Waals surface area contributed by atoms with Gasteiger partial charge in [0.05, 0.1) is 4.91 Å². The molecule has 1 saturated carbocycles. The Hall–Kier alpha value is -1.75. The highest BCUT2D eigenvalue weighted by Gasteiger charge is 2.40. The van der Waals surface area contributed by atoms with E-state index in [0.29, 0.717) is 17.1 Å². The summed E-state index contributed by atoms with van der Waals surface area (Å²) in [7, 11) is 0. The second-order valence-electron chi connectivity index (χ2n) is 6.81. The van der Waals surface area contributed by atoms with Crippen molar-refractivity contribution in [2.45, 2.75) is 39.0 Å². The van der Waals surface area contributed by atoms with Crippen LogP contribution in [-0.4, -0.2) is 22.6 Å². The molecule has 1 saturated heterocycles. The van der Waals surface area contributed by atoms with Gasteiger partial charge in [-0.2, -0.15) is 0 Å². The summed E-state index contributed by atoms with van der Waals surface area (Å²) in [6.07, 6.45) is 7.58. The zero-order valence-electron chi connectivity index (χ0n) is 13.4. The van der Waals surface area contributed by atoms with Crippen LogP contribution in [0.4, 0.5) is 10.5 Å². The fourth-order valence-corrected chi connectivity index (χ4v) is 4.16. The molecule has 23 heavy (non-hydrogen) atoms. The maximum atomic E-state index is 12.6. The van der Waals surface area contributed by atoms with Crippen LogP contribution in [0.5, 0.6) is 0 Å². The smallest absolute Gasteiger partial charge is 0.293 e. The normalized spacial score (nSPS) is 22.8. The molecule has 2 N–H and O–H groups in total. The topological polar surface area (TPSA) is 63.4 Å². The summed E-state index contributed by atoms with van der Waals surface area (Å²) >= 11 is 1.04. The number of carbonyl (C=O) groups excluding carboxylic acids is 2. The average molecular weight is 330 g/mol. The standard InChI is InChI=1S/C18H22N2O2S/c1-18(9-3-2-4-10-18)12-20-16(21)15(23-17(20)22)11-13-5-7-14(19)8-6-13/h5-8,11H,2-4,9-10,12,19H2,1H3. The molecule has 1 heterocycles. The van der Waals surface area contributed by atoms with E-state index in [1.807, 2.05) is 12.1 Å². The lowest BCUT2D eigenvalue weighted by Gasteiger charge is -2.35. The maximum Gasteiger partial charge on any atom is 0.293 e. The molecule has 2 amide bonds. The van der Waals surface area contributed by atoms with Crippen LogP contribution in [0.25, 0.3) is 6.08 Å². The van der Waals surface area contributed by atoms with E-state index < -0.39 is 0 Å². The Labute approximate surface area is 141 Å². The summed E-state index contributed by atoms with van der Waals surface area (Å²) < 4.78 is 0. The number of nitrogen functional groups attached to an aromatic ring is 1. The molecule has 1 aliphatic heterocycles. The van der Waals surface area contributed by atoms with E-state index in [4.69, 9.17) is 5.73 Å². The van der Waals surface area contributed by atoms with Gasteiger partial charge in [-0.25, -0.2) is 0 Å². The van der Waals surface area contributed by atoms with Gasteiger partial charge in [0.15, 0.2) is 0 Å². The minimum absolute atomic E-state index is 0.0702. The van der Waals surface area contributed by atoms with Crippen molar-refractivity contribution in [1.29, 1.82) is 0 Å². The Bertz CT molecular complexity index is 645. The van der Waals surface area contributed by atoms with Crippen molar-refractivity contribution in [2.24, 2.45) is 5.41 Å². The number of nitrogens with two attached hydrogens (primary N) is 1. The molecule has 2 fully saturated rings. The highest BCUT2D eigenvalue weighted by atomic mass is 32.2. The Morgan fingerprint density at radius 2 is 1.83 bits per heavy atom. The van der Waals surface area contributed by atoms with E-state index >= 15 is 0 Å². The monoisotopic (exact) mass is 330 g/mol. The number of hydrogen-bond donors (Lipinski definition) is 1. The van der Waals surface area contributed by atoms with E-state index in [1.54, 1.807) is 18.2 Å². The molecule has 0 spiro atoms. The third-order valence-electron chi connectivity index (χ3n) is 4.71. The van der Waals surface area contributed by atoms with E-state index in [2.05, 4.69) is 6.92 Å². The molecule has 0 unspecified atom stereocenters. The number of benzene rings is 1. The van der Waals surface area contributed by atoms with Gasteiger partial charge in [0.1, 0.15) is 0 Å². The van der Waals surface area contributed by atoms with Crippen LogP contribution >= 0.6 is 11.8 Å². The molecule has 4 nitrogen and oxygen atoms in total. The molecule has 122 valence electrons. The fourth-order valence-electron chi connectivity index (χ4n) is 3.33. The summed E-state index contributed by atoms with van der Waals surface area (Å²) in [6, 6.07) is 7.29. The van der Waals surface area contributed by atoms with Gasteiger partial charge < -0.3 is 5.73 Å². The number of nitrogens with zero attached hydrogens (tertiary/aromatic N) is 1. The predicted molar refractivity (Wildman–Crippen MR) is 94.7 cm³/mol. The highest BCUT2D eigenvalue weighted by molar-refractivity contribution is 8.18. The van der Waals surface area contributed by atoms with Crippen LogP contribution < -0.4 is 5.73 Å². The van der Waals surface area contributed by atoms with Gasteiger partial charge in [-0.05, 0) is 53.8 Å². The van der Waals surface area contributed by atoms with E-state index in [-0.39, 0.29) is 16.6 Å². The molecule has 2 aliphatic rings. The van der Waals surface area contributed by atoms with Crippen LogP contribution in [0.3, 0.4) is 0 Å². The molecule has 0 radical (unpaired) electrons. The molecular weight excluding hydrogens is 308 g/mol. The average Bonchev–Trinajstić information content (AvgIpc) is 2.78. The van der Waals surface area contributed by atoms with Crippen molar-refractivity contribution in [3.63, 3.8) is 0 Å². The predicted octanol–water partition coefficient (Wildman–Crippen LogP) is 4.28. The number of carbonyl (C=O) groups is 2. The van der Waals surface area contributed by atoms with Gasteiger partial charge in [0.25, 0.3) is 11.1 Å². The molecule has 0 aromatic heterocycles. The summed E-state index contributed by atoms with van der Waals surface area (Å²) in [4.78, 5) is 26.8. The number of anilines is 1. The van der Waals surface area contributed by atoms with Gasteiger partial charge >= 0.3 is 0 Å². The first-order chi connectivity index (χ1) is 11.0. The Morgan fingerprint density at radius 1 is 1.17 bits per heavy atom. The van der Waals surface area contributed by atoms with Crippen LogP contribution in [0.1, 0.15) is 44.6 Å². The molecule has 5 heteroatoms. The molecular formula is C18H22N2O2S. The van der Waals surface area contributed by atoms with Crippen molar-refractivity contribution in [3.8, 4) is 0 Å². The summed E-state index contributed by atoms with van der Waals surface area (Å²) in [6.45, 7) is 2.73. The van der Waals surface area contributed by atoms with Gasteiger partial charge in [-0.3, -0.25) is 14.5 Å². The van der Waals surface area contributed by atoms with Crippen molar-refractivity contribution < 1.29 is 9.59 Å². The Morgan fingerprint density at radius 3 is 2.48 bits per heavy atom. The maximum absolute atomic E-state index is 12.6. The molecule has 3 rings (SSSR count). The second kappa shape index (κ2) is 6.40. The van der Waals surface area contributed by atoms with Crippen LogP contribution in [0.2, 0.25) is 0 Å². The second-order valence-corrected chi connectivity index (χ2v) is 7.80. The number of amides is 2. The molecule has 0 bridgehead atoms. The van der Waals surface area contributed by atoms with Crippen molar-refractivity contribution in [3.05, 3.63) is 34.7 Å². The first-order valence-electron chi connectivity index (χ1n) is 8.08. The minimum atomic E-state index is -0.163. The first kappa shape index (κ1) is 16.1. The molecule has 1 aliphatic carbocycles. The van der Waals surface area contributed by atoms with Gasteiger partial charge in [-0.1, -0.05) is 38.3 Å². The lowest BCUT2D eigenvalue weighted by molar-refractivity contribution is -0.124. The molecule has 0 atom stereocenters. The third kappa shape index (κ3) is 3.61. The summed E-state index contributed by atoms with van der Waals surface area (Å²) in [5.41, 5.74) is 7.30. The largest absolute Gasteiger partial charge is 0.399 e. The van der Waals surface area contributed by atoms with Gasteiger partial charge in [-0.15, -0.1) is 0 Å². The quantitative estimate of drug-likeness (QED) is 0.664. The molecule has 1 aromatic carbocycles. The summed E-state index contributed by atoms with van der Waals surface area (Å²) in [5.74, 6) is -0.163. The van der Waals surface area contributed by atoms with Crippen molar-refractivity contribution in [1.82, 2.24) is 4.90 Å². The van der Waals surface area contributed by atoms with Crippen LogP contribution in [0.15, 0.2) is 29.2 Å². The minimum Gasteiger partial charge on any atom is -0.399 e. The van der Waals surface area contributed by atoms with Crippen LogP contribution in [0, 0.1) is 5.41 Å². The van der Waals surface area contributed by atoms with Gasteiger partial charge in [0.2, 0.25) is 0 Å². The first-order valence-corrected chi connectivity index (χ1v) is 8.89. The van der Waals surface area contributed by atoms with E-state index in [1.165, 1.54) is 24.2 Å². The Balaban J connectivity index is 1.75. The van der Waals surface area contributed by atoms with Crippen LogP contribution in [-0.2, 0) is 4.79 Å². The number of hydrogen-bond acceptors (Lipinski definition) is 4. The van der Waals surface area contributed by atoms with E-state index in [0.717, 1.165) is 30.2 Å². The zero-order valence-corrected chi connectivity index (χ0v) is 14.2. The SMILES string of the molecule is CC1(CN2C(=O)SC(=Cc3ccc(N)cc3)C2=O)CCCCC1. The highest BCUT2D eigenvalue weighted by Crippen LogP contribution is 2.40. The Kier molecular flexibility index (Phi) is 4.48. The van der Waals surface area contributed by atoms with Crippen molar-refractivity contribution >= 4 is 34.7 Å². The fraction of sp³-hybridized carbons (Fsp3) is 0.444. The lowest BCUT2D eigenvalue weighted by atomic mass is 9.75. The lowest BCUT2D eigenvalue weighted by Crippen LogP contribution is -2.39. The van der Waals surface area contributed by atoms with E-state index in [9.17, 15) is 9.59 Å². The van der Waals surface area contributed by atoms with Crippen molar-refractivity contribution in [2.75, 3.05) is 12.3 Å². The number of imide groups is 1. The number of rotatable bonds is 3. The van der Waals surface area contributed by atoms with Gasteiger partial charge in [0, 0.05) is 12.2 Å².